The van der Waals surface area contributed by atoms with Gasteiger partial charge in [-0.1, -0.05) is 13.0 Å². The standard InChI is InChI=1S/C23H26N6O4/c1-17-7-9-27(10-8-17)21-6-5-18(13-22(21)29(31)32)23(30)26-19-3-2-4-20(14-19)33-12-11-28-16-24-15-25-28/h2-6,13-17H,7-12H2,1H3,(H,26,30). The summed E-state index contributed by atoms with van der Waals surface area (Å²) in [5, 5.41) is 18.5. The number of nitro groups is 1. The van der Waals surface area contributed by atoms with Gasteiger partial charge in [0, 0.05) is 36.5 Å². The highest BCUT2D eigenvalue weighted by Gasteiger charge is 2.24. The summed E-state index contributed by atoms with van der Waals surface area (Å²) in [6, 6.07) is 11.7. The molecule has 0 atom stereocenters. The third kappa shape index (κ3) is 5.65. The molecule has 33 heavy (non-hydrogen) atoms. The molecule has 172 valence electrons. The van der Waals surface area contributed by atoms with E-state index in [-0.39, 0.29) is 11.3 Å². The predicted molar refractivity (Wildman–Crippen MR) is 124 cm³/mol. The Hall–Kier alpha value is -3.95. The molecular formula is C23H26N6O4. The van der Waals surface area contributed by atoms with Crippen molar-refractivity contribution in [2.75, 3.05) is 29.9 Å². The molecular weight excluding hydrogens is 424 g/mol. The van der Waals surface area contributed by atoms with Crippen LogP contribution in [0.25, 0.3) is 0 Å². The molecule has 1 saturated heterocycles. The van der Waals surface area contributed by atoms with Crippen LogP contribution in [-0.2, 0) is 6.54 Å². The largest absolute Gasteiger partial charge is 0.492 e. The minimum absolute atomic E-state index is 0.0533. The van der Waals surface area contributed by atoms with Gasteiger partial charge in [-0.2, -0.15) is 5.10 Å². The van der Waals surface area contributed by atoms with Crippen molar-refractivity contribution in [1.82, 2.24) is 14.8 Å². The van der Waals surface area contributed by atoms with Crippen molar-refractivity contribution < 1.29 is 14.5 Å². The monoisotopic (exact) mass is 450 g/mol. The Bertz CT molecular complexity index is 1110. The van der Waals surface area contributed by atoms with Crippen molar-refractivity contribution in [1.29, 1.82) is 0 Å². The maximum absolute atomic E-state index is 12.8. The molecule has 4 rings (SSSR count). The molecule has 0 bridgehead atoms. The van der Waals surface area contributed by atoms with Crippen molar-refractivity contribution in [2.24, 2.45) is 5.92 Å². The van der Waals surface area contributed by atoms with Crippen LogP contribution in [-0.4, -0.2) is 45.3 Å². The van der Waals surface area contributed by atoms with E-state index in [9.17, 15) is 14.9 Å². The van der Waals surface area contributed by atoms with E-state index < -0.39 is 10.8 Å². The number of nitrogens with one attached hydrogen (secondary N) is 1. The van der Waals surface area contributed by atoms with E-state index in [0.717, 1.165) is 25.9 Å². The van der Waals surface area contributed by atoms with Crippen LogP contribution in [0.5, 0.6) is 5.75 Å². The molecule has 1 N–H and O–H groups in total. The Morgan fingerprint density at radius 2 is 2.06 bits per heavy atom. The number of nitrogens with zero attached hydrogens (tertiary/aromatic N) is 5. The lowest BCUT2D eigenvalue weighted by molar-refractivity contribution is -0.384. The molecule has 2 heterocycles. The highest BCUT2D eigenvalue weighted by molar-refractivity contribution is 6.05. The second-order valence-electron chi connectivity index (χ2n) is 8.12. The van der Waals surface area contributed by atoms with Crippen LogP contribution >= 0.6 is 0 Å². The smallest absolute Gasteiger partial charge is 0.293 e. The minimum Gasteiger partial charge on any atom is -0.492 e. The Morgan fingerprint density at radius 3 is 2.79 bits per heavy atom. The van der Waals surface area contributed by atoms with Crippen LogP contribution in [0.15, 0.2) is 55.1 Å². The van der Waals surface area contributed by atoms with Gasteiger partial charge in [0.25, 0.3) is 11.6 Å². The second kappa shape index (κ2) is 10.1. The van der Waals surface area contributed by atoms with E-state index in [4.69, 9.17) is 4.74 Å². The summed E-state index contributed by atoms with van der Waals surface area (Å²) in [5.41, 5.74) is 1.27. The summed E-state index contributed by atoms with van der Waals surface area (Å²) >= 11 is 0. The van der Waals surface area contributed by atoms with E-state index in [2.05, 4.69) is 22.3 Å². The summed E-state index contributed by atoms with van der Waals surface area (Å²) in [4.78, 5) is 30.0. The zero-order valence-corrected chi connectivity index (χ0v) is 18.4. The zero-order chi connectivity index (χ0) is 23.2. The van der Waals surface area contributed by atoms with Gasteiger partial charge in [-0.05, 0) is 43.0 Å². The fourth-order valence-corrected chi connectivity index (χ4v) is 3.80. The molecule has 1 aliphatic heterocycles. The number of amides is 1. The SMILES string of the molecule is CC1CCN(c2ccc(C(=O)Nc3cccc(OCCn4cncn4)c3)cc2[N+](=O)[O-])CC1. The minimum atomic E-state index is -0.423. The lowest BCUT2D eigenvalue weighted by Gasteiger charge is -2.31. The van der Waals surface area contributed by atoms with Gasteiger partial charge in [-0.15, -0.1) is 0 Å². The third-order valence-corrected chi connectivity index (χ3v) is 5.71. The van der Waals surface area contributed by atoms with Gasteiger partial charge >= 0.3 is 0 Å². The van der Waals surface area contributed by atoms with Crippen LogP contribution in [0.2, 0.25) is 0 Å². The number of carbonyl (C=O) groups excluding carboxylic acids is 1. The first-order chi connectivity index (χ1) is 16.0. The topological polar surface area (TPSA) is 115 Å². The van der Waals surface area contributed by atoms with Gasteiger partial charge < -0.3 is 15.0 Å². The molecule has 1 amide bonds. The number of aromatic nitrogens is 3. The number of piperidine rings is 1. The normalized spacial score (nSPS) is 14.2. The fraction of sp³-hybridized carbons (Fsp3) is 0.348. The Balaban J connectivity index is 1.42. The van der Waals surface area contributed by atoms with Crippen molar-refractivity contribution in [3.63, 3.8) is 0 Å². The maximum atomic E-state index is 12.8. The number of nitro benzene ring substituents is 1. The second-order valence-corrected chi connectivity index (χ2v) is 8.12. The molecule has 1 aliphatic rings. The molecule has 0 aliphatic carbocycles. The van der Waals surface area contributed by atoms with Crippen LogP contribution in [0.3, 0.4) is 0 Å². The van der Waals surface area contributed by atoms with Crippen LogP contribution in [0.4, 0.5) is 17.1 Å². The molecule has 0 radical (unpaired) electrons. The summed E-state index contributed by atoms with van der Waals surface area (Å²) in [6.07, 6.45) is 5.06. The molecule has 10 heteroatoms. The van der Waals surface area contributed by atoms with Crippen molar-refractivity contribution in [3.05, 3.63) is 70.8 Å². The van der Waals surface area contributed by atoms with Gasteiger partial charge in [0.1, 0.15) is 30.7 Å². The fourth-order valence-electron chi connectivity index (χ4n) is 3.80. The maximum Gasteiger partial charge on any atom is 0.293 e. The molecule has 10 nitrogen and oxygen atoms in total. The van der Waals surface area contributed by atoms with Gasteiger partial charge in [0.2, 0.25) is 0 Å². The Labute approximate surface area is 191 Å². The summed E-state index contributed by atoms with van der Waals surface area (Å²) in [7, 11) is 0. The van der Waals surface area contributed by atoms with Gasteiger partial charge in [0.15, 0.2) is 0 Å². The lowest BCUT2D eigenvalue weighted by atomic mass is 9.98. The molecule has 3 aromatic rings. The molecule has 0 saturated carbocycles. The number of ether oxygens (including phenoxy) is 1. The summed E-state index contributed by atoms with van der Waals surface area (Å²) in [5.74, 6) is 0.790. The van der Waals surface area contributed by atoms with E-state index >= 15 is 0 Å². The van der Waals surface area contributed by atoms with Crippen LogP contribution in [0.1, 0.15) is 30.1 Å². The zero-order valence-electron chi connectivity index (χ0n) is 18.4. The number of anilines is 2. The Morgan fingerprint density at radius 1 is 1.24 bits per heavy atom. The van der Waals surface area contributed by atoms with Crippen molar-refractivity contribution in [3.8, 4) is 5.75 Å². The number of benzene rings is 2. The first kappa shape index (κ1) is 22.3. The van der Waals surface area contributed by atoms with Crippen LogP contribution in [0, 0.1) is 16.0 Å². The van der Waals surface area contributed by atoms with E-state index in [1.807, 2.05) is 4.90 Å². The first-order valence-corrected chi connectivity index (χ1v) is 10.9. The van der Waals surface area contributed by atoms with E-state index in [1.54, 1.807) is 47.4 Å². The quantitative estimate of drug-likeness (QED) is 0.410. The Kier molecular flexibility index (Phi) is 6.82. The number of rotatable bonds is 8. The highest BCUT2D eigenvalue weighted by atomic mass is 16.6. The lowest BCUT2D eigenvalue weighted by Crippen LogP contribution is -2.33. The van der Waals surface area contributed by atoms with Crippen LogP contribution < -0.4 is 15.0 Å². The van der Waals surface area contributed by atoms with Crippen molar-refractivity contribution >= 4 is 23.0 Å². The molecule has 0 unspecified atom stereocenters. The first-order valence-electron chi connectivity index (χ1n) is 10.9. The average Bonchev–Trinajstić information content (AvgIpc) is 3.33. The highest BCUT2D eigenvalue weighted by Crippen LogP contribution is 2.32. The van der Waals surface area contributed by atoms with Crippen molar-refractivity contribution in [2.45, 2.75) is 26.3 Å². The molecule has 1 fully saturated rings. The van der Waals surface area contributed by atoms with E-state index in [0.29, 0.717) is 36.2 Å². The number of carbonyl (C=O) groups is 1. The molecule has 0 spiro atoms. The number of hydrogen-bond acceptors (Lipinski definition) is 7. The third-order valence-electron chi connectivity index (χ3n) is 5.71. The average molecular weight is 450 g/mol. The number of hydrogen-bond donors (Lipinski definition) is 1. The summed E-state index contributed by atoms with van der Waals surface area (Å²) < 4.78 is 7.37. The van der Waals surface area contributed by atoms with Gasteiger partial charge in [-0.25, -0.2) is 9.67 Å². The van der Waals surface area contributed by atoms with Gasteiger partial charge in [0.05, 0.1) is 11.5 Å². The molecule has 1 aromatic heterocycles. The molecule has 2 aromatic carbocycles. The van der Waals surface area contributed by atoms with E-state index in [1.165, 1.54) is 12.4 Å². The predicted octanol–water partition coefficient (Wildman–Crippen LogP) is 3.75. The van der Waals surface area contributed by atoms with Gasteiger partial charge in [-0.3, -0.25) is 14.9 Å². The summed E-state index contributed by atoms with van der Waals surface area (Å²) in [6.45, 7) is 4.68.